The SMILES string of the molecule is CCOc1nc(Cl)nc(N2CCN(C(=O)OC(C)(C)C)CC2)n1. The Morgan fingerprint density at radius 3 is 2.39 bits per heavy atom. The Morgan fingerprint density at radius 1 is 1.17 bits per heavy atom. The number of hydrogen-bond acceptors (Lipinski definition) is 7. The molecule has 0 atom stereocenters. The Balaban J connectivity index is 1.98. The highest BCUT2D eigenvalue weighted by Crippen LogP contribution is 2.18. The molecule has 0 radical (unpaired) electrons. The van der Waals surface area contributed by atoms with E-state index in [0.717, 1.165) is 0 Å². The van der Waals surface area contributed by atoms with Crippen molar-refractivity contribution in [2.24, 2.45) is 0 Å². The minimum absolute atomic E-state index is 0.0908. The summed E-state index contributed by atoms with van der Waals surface area (Å²) in [5, 5.41) is 0.0908. The highest BCUT2D eigenvalue weighted by atomic mass is 35.5. The molecule has 1 aromatic heterocycles. The van der Waals surface area contributed by atoms with Crippen LogP contribution in [0.5, 0.6) is 6.01 Å². The van der Waals surface area contributed by atoms with Crippen LogP contribution in [0.1, 0.15) is 27.7 Å². The zero-order valence-electron chi connectivity index (χ0n) is 13.9. The monoisotopic (exact) mass is 343 g/mol. The highest BCUT2D eigenvalue weighted by molar-refractivity contribution is 6.28. The van der Waals surface area contributed by atoms with Gasteiger partial charge in [-0.05, 0) is 39.3 Å². The number of anilines is 1. The van der Waals surface area contributed by atoms with Gasteiger partial charge in [0.2, 0.25) is 11.2 Å². The van der Waals surface area contributed by atoms with E-state index < -0.39 is 5.60 Å². The summed E-state index contributed by atoms with van der Waals surface area (Å²) in [6.07, 6.45) is -0.305. The molecular weight excluding hydrogens is 322 g/mol. The van der Waals surface area contributed by atoms with E-state index in [9.17, 15) is 4.79 Å². The lowest BCUT2D eigenvalue weighted by Crippen LogP contribution is -2.50. The first-order valence-electron chi connectivity index (χ1n) is 7.56. The number of carbonyl (C=O) groups excluding carboxylic acids is 1. The van der Waals surface area contributed by atoms with E-state index in [0.29, 0.717) is 38.7 Å². The molecule has 1 aliphatic heterocycles. The standard InChI is InChI=1S/C14H22ClN5O3/c1-5-22-12-17-10(15)16-11(18-12)19-6-8-20(9-7-19)13(21)23-14(2,3)4/h5-9H2,1-4H3. The smallest absolute Gasteiger partial charge is 0.410 e. The van der Waals surface area contributed by atoms with Gasteiger partial charge in [-0.3, -0.25) is 0 Å². The van der Waals surface area contributed by atoms with Gasteiger partial charge >= 0.3 is 12.1 Å². The third kappa shape index (κ3) is 5.09. The first-order valence-corrected chi connectivity index (χ1v) is 7.93. The molecule has 0 unspecified atom stereocenters. The fourth-order valence-corrected chi connectivity index (χ4v) is 2.22. The summed E-state index contributed by atoms with van der Waals surface area (Å²) in [5.41, 5.74) is -0.498. The Hall–Kier alpha value is -1.83. The van der Waals surface area contributed by atoms with Crippen LogP contribution >= 0.6 is 11.6 Å². The van der Waals surface area contributed by atoms with Crippen LogP contribution in [0.3, 0.4) is 0 Å². The molecule has 2 heterocycles. The maximum absolute atomic E-state index is 12.1. The van der Waals surface area contributed by atoms with Gasteiger partial charge in [-0.15, -0.1) is 0 Å². The van der Waals surface area contributed by atoms with Crippen molar-refractivity contribution in [3.05, 3.63) is 5.28 Å². The van der Waals surface area contributed by atoms with Crippen LogP contribution in [-0.4, -0.2) is 64.3 Å². The Bertz CT molecular complexity index is 556. The van der Waals surface area contributed by atoms with Crippen molar-refractivity contribution >= 4 is 23.6 Å². The first kappa shape index (κ1) is 17.5. The van der Waals surface area contributed by atoms with Crippen molar-refractivity contribution in [1.29, 1.82) is 0 Å². The molecule has 1 fully saturated rings. The van der Waals surface area contributed by atoms with Crippen molar-refractivity contribution in [3.8, 4) is 6.01 Å². The number of rotatable bonds is 3. The highest BCUT2D eigenvalue weighted by Gasteiger charge is 2.27. The predicted octanol–water partition coefficient (Wildman–Crippen LogP) is 1.98. The molecule has 0 spiro atoms. The lowest BCUT2D eigenvalue weighted by atomic mass is 10.2. The predicted molar refractivity (Wildman–Crippen MR) is 86.0 cm³/mol. The molecule has 8 nitrogen and oxygen atoms in total. The number of amides is 1. The maximum Gasteiger partial charge on any atom is 0.410 e. The van der Waals surface area contributed by atoms with E-state index in [1.165, 1.54) is 0 Å². The topological polar surface area (TPSA) is 80.7 Å². The van der Waals surface area contributed by atoms with Crippen molar-refractivity contribution in [1.82, 2.24) is 19.9 Å². The Kier molecular flexibility index (Phi) is 5.46. The molecule has 128 valence electrons. The lowest BCUT2D eigenvalue weighted by Gasteiger charge is -2.35. The summed E-state index contributed by atoms with van der Waals surface area (Å²) in [6, 6.07) is 0.206. The molecule has 0 aliphatic carbocycles. The molecule has 1 saturated heterocycles. The summed E-state index contributed by atoms with van der Waals surface area (Å²) < 4.78 is 10.6. The number of nitrogens with zero attached hydrogens (tertiary/aromatic N) is 5. The van der Waals surface area contributed by atoms with Crippen LogP contribution in [0.25, 0.3) is 0 Å². The molecule has 1 amide bonds. The number of piperazine rings is 1. The second kappa shape index (κ2) is 7.16. The third-order valence-corrected chi connectivity index (χ3v) is 3.23. The van der Waals surface area contributed by atoms with Crippen molar-refractivity contribution in [3.63, 3.8) is 0 Å². The van der Waals surface area contributed by atoms with Crippen LogP contribution in [0.15, 0.2) is 0 Å². The molecule has 0 N–H and O–H groups in total. The van der Waals surface area contributed by atoms with Gasteiger partial charge < -0.3 is 19.3 Å². The normalized spacial score (nSPS) is 15.5. The molecule has 1 aromatic rings. The molecule has 2 rings (SSSR count). The second-order valence-corrected chi connectivity index (χ2v) is 6.41. The van der Waals surface area contributed by atoms with Crippen LogP contribution in [0, 0.1) is 0 Å². The number of halogens is 1. The van der Waals surface area contributed by atoms with E-state index in [-0.39, 0.29) is 17.4 Å². The molecular formula is C14H22ClN5O3. The van der Waals surface area contributed by atoms with Gasteiger partial charge in [0.1, 0.15) is 5.60 Å². The molecule has 1 aliphatic rings. The van der Waals surface area contributed by atoms with E-state index in [2.05, 4.69) is 15.0 Å². The third-order valence-electron chi connectivity index (χ3n) is 3.06. The molecule has 0 aromatic carbocycles. The van der Waals surface area contributed by atoms with Crippen molar-refractivity contribution < 1.29 is 14.3 Å². The molecule has 9 heteroatoms. The van der Waals surface area contributed by atoms with E-state index >= 15 is 0 Å². The molecule has 0 bridgehead atoms. The first-order chi connectivity index (χ1) is 10.8. The van der Waals surface area contributed by atoms with Gasteiger partial charge in [0, 0.05) is 26.2 Å². The molecule has 23 heavy (non-hydrogen) atoms. The number of aromatic nitrogens is 3. The van der Waals surface area contributed by atoms with Crippen LogP contribution < -0.4 is 9.64 Å². The van der Waals surface area contributed by atoms with Crippen LogP contribution in [-0.2, 0) is 4.74 Å². The average molecular weight is 344 g/mol. The summed E-state index contributed by atoms with van der Waals surface area (Å²) >= 11 is 5.90. The molecule has 0 saturated carbocycles. The number of hydrogen-bond donors (Lipinski definition) is 0. The maximum atomic E-state index is 12.1. The summed E-state index contributed by atoms with van der Waals surface area (Å²) in [7, 11) is 0. The minimum Gasteiger partial charge on any atom is -0.464 e. The van der Waals surface area contributed by atoms with E-state index in [1.807, 2.05) is 32.6 Å². The minimum atomic E-state index is -0.498. The average Bonchev–Trinajstić information content (AvgIpc) is 2.45. The Morgan fingerprint density at radius 2 is 1.83 bits per heavy atom. The van der Waals surface area contributed by atoms with Crippen molar-refractivity contribution in [2.75, 3.05) is 37.7 Å². The van der Waals surface area contributed by atoms with Crippen LogP contribution in [0.2, 0.25) is 5.28 Å². The summed E-state index contributed by atoms with van der Waals surface area (Å²) in [5.74, 6) is 0.456. The fraction of sp³-hybridized carbons (Fsp3) is 0.714. The number of ether oxygens (including phenoxy) is 2. The fourth-order valence-electron chi connectivity index (χ4n) is 2.07. The zero-order chi connectivity index (χ0) is 17.0. The largest absolute Gasteiger partial charge is 0.464 e. The summed E-state index contributed by atoms with van der Waals surface area (Å²) in [6.45, 7) is 10.1. The zero-order valence-corrected chi connectivity index (χ0v) is 14.6. The number of carbonyl (C=O) groups is 1. The second-order valence-electron chi connectivity index (χ2n) is 6.07. The van der Waals surface area contributed by atoms with E-state index in [1.54, 1.807) is 4.90 Å². The van der Waals surface area contributed by atoms with Gasteiger partial charge in [0.05, 0.1) is 6.61 Å². The van der Waals surface area contributed by atoms with Gasteiger partial charge in [0.25, 0.3) is 0 Å². The van der Waals surface area contributed by atoms with Gasteiger partial charge in [-0.2, -0.15) is 15.0 Å². The lowest BCUT2D eigenvalue weighted by molar-refractivity contribution is 0.0240. The van der Waals surface area contributed by atoms with Crippen LogP contribution in [0.4, 0.5) is 10.7 Å². The van der Waals surface area contributed by atoms with Gasteiger partial charge in [0.15, 0.2) is 0 Å². The quantitative estimate of drug-likeness (QED) is 0.830. The van der Waals surface area contributed by atoms with E-state index in [4.69, 9.17) is 21.1 Å². The van der Waals surface area contributed by atoms with Gasteiger partial charge in [-0.1, -0.05) is 0 Å². The Labute approximate surface area is 140 Å². The van der Waals surface area contributed by atoms with Gasteiger partial charge in [-0.25, -0.2) is 4.79 Å². The summed E-state index contributed by atoms with van der Waals surface area (Å²) in [4.78, 5) is 27.9. The van der Waals surface area contributed by atoms with Crippen molar-refractivity contribution in [2.45, 2.75) is 33.3 Å².